The number of carbonyl (C=O) groups excluding carboxylic acids is 2. The van der Waals surface area contributed by atoms with E-state index in [1.54, 1.807) is 5.32 Å². The maximum atomic E-state index is 12.1. The summed E-state index contributed by atoms with van der Waals surface area (Å²) in [6.07, 6.45) is -5.28. The summed E-state index contributed by atoms with van der Waals surface area (Å²) < 4.78 is 40.9. The molecule has 1 aliphatic rings. The third-order valence-corrected chi connectivity index (χ3v) is 2.65. The summed E-state index contributed by atoms with van der Waals surface area (Å²) in [6.45, 7) is 3.12. The fraction of sp³-hybridized carbons (Fsp3) is 0.750. The van der Waals surface area contributed by atoms with E-state index in [1.807, 2.05) is 13.8 Å². The Bertz CT molecular complexity index is 380. The van der Waals surface area contributed by atoms with Crippen molar-refractivity contribution >= 4 is 29.6 Å². The summed E-state index contributed by atoms with van der Waals surface area (Å²) in [7, 11) is 0. The number of hydrogen-bond donors (Lipinski definition) is 2. The molecule has 1 saturated heterocycles. The van der Waals surface area contributed by atoms with Gasteiger partial charge < -0.3 is 15.4 Å². The minimum absolute atomic E-state index is 0.0659. The number of amides is 2. The zero-order valence-corrected chi connectivity index (χ0v) is 13.2. The summed E-state index contributed by atoms with van der Waals surface area (Å²) in [6, 6.07) is -1.04. The fourth-order valence-corrected chi connectivity index (χ4v) is 1.72. The summed E-state index contributed by atoms with van der Waals surface area (Å²) in [4.78, 5) is 24.5. The monoisotopic (exact) mass is 343 g/mol. The Morgan fingerprint density at radius 2 is 2.09 bits per heavy atom. The number of nitrogens with zero attached hydrogens (tertiary/aromatic N) is 1. The molecule has 0 aliphatic carbocycles. The van der Waals surface area contributed by atoms with Crippen LogP contribution in [0.25, 0.3) is 0 Å². The van der Waals surface area contributed by atoms with Crippen molar-refractivity contribution in [1.29, 1.82) is 0 Å². The highest BCUT2D eigenvalue weighted by molar-refractivity contribution is 7.79. The first-order valence-corrected chi connectivity index (χ1v) is 7.24. The quantitative estimate of drug-likeness (QED) is 0.748. The smallest absolute Gasteiger partial charge is 0.410 e. The molecular formula is C12H20F3N3O3S. The van der Waals surface area contributed by atoms with E-state index in [0.29, 0.717) is 6.54 Å². The van der Waals surface area contributed by atoms with Crippen LogP contribution < -0.4 is 10.6 Å². The van der Waals surface area contributed by atoms with E-state index in [0.717, 1.165) is 4.90 Å². The molecule has 0 aromatic carbocycles. The topological polar surface area (TPSA) is 70.7 Å². The predicted molar refractivity (Wildman–Crippen MR) is 78.8 cm³/mol. The third-order valence-electron chi connectivity index (χ3n) is 2.52. The molecule has 2 amide bonds. The van der Waals surface area contributed by atoms with Gasteiger partial charge in [0.1, 0.15) is 19.2 Å². The molecule has 0 aromatic rings. The van der Waals surface area contributed by atoms with Crippen molar-refractivity contribution in [2.45, 2.75) is 26.1 Å². The van der Waals surface area contributed by atoms with Crippen LogP contribution in [0.5, 0.6) is 0 Å². The van der Waals surface area contributed by atoms with Crippen LogP contribution in [-0.4, -0.2) is 67.3 Å². The molecule has 0 spiro atoms. The van der Waals surface area contributed by atoms with Crippen LogP contribution in [0, 0.1) is 0 Å². The number of nitrogens with one attached hydrogen (secondary N) is 2. The molecule has 1 atom stereocenters. The van der Waals surface area contributed by atoms with Crippen molar-refractivity contribution in [2.24, 2.45) is 0 Å². The number of thiocarbonyl (C=S) groups is 1. The van der Waals surface area contributed by atoms with Crippen LogP contribution in [0.4, 0.5) is 18.0 Å². The van der Waals surface area contributed by atoms with Crippen molar-refractivity contribution in [3.8, 4) is 0 Å². The molecule has 2 N–H and O–H groups in total. The minimum atomic E-state index is -4.50. The van der Waals surface area contributed by atoms with E-state index in [-0.39, 0.29) is 19.7 Å². The first-order chi connectivity index (χ1) is 10.3. The SMILES string of the molecule is CC.O=C(NCC(F)(F)F)C1CNCCN1C(=O)OCC=S. The lowest BCUT2D eigenvalue weighted by atomic mass is 10.2. The summed E-state index contributed by atoms with van der Waals surface area (Å²) in [5.41, 5.74) is 0. The van der Waals surface area contributed by atoms with E-state index < -0.39 is 30.8 Å². The lowest BCUT2D eigenvalue weighted by Gasteiger charge is -2.34. The van der Waals surface area contributed by atoms with Crippen LogP contribution in [0.3, 0.4) is 0 Å². The van der Waals surface area contributed by atoms with Crippen molar-refractivity contribution in [3.63, 3.8) is 0 Å². The molecule has 0 bridgehead atoms. The number of hydrogen-bond acceptors (Lipinski definition) is 5. The molecule has 0 saturated carbocycles. The molecule has 1 fully saturated rings. The molecule has 128 valence electrons. The Kier molecular flexibility index (Phi) is 9.66. The Hall–Kier alpha value is -1.42. The van der Waals surface area contributed by atoms with Crippen LogP contribution in [-0.2, 0) is 9.53 Å². The van der Waals surface area contributed by atoms with E-state index in [4.69, 9.17) is 4.74 Å². The molecule has 6 nitrogen and oxygen atoms in total. The van der Waals surface area contributed by atoms with Gasteiger partial charge in [-0.3, -0.25) is 9.69 Å². The number of rotatable bonds is 4. The van der Waals surface area contributed by atoms with Crippen LogP contribution in [0.1, 0.15) is 13.8 Å². The van der Waals surface area contributed by atoms with Gasteiger partial charge in [0.15, 0.2) is 0 Å². The van der Waals surface area contributed by atoms with Crippen LogP contribution in [0.2, 0.25) is 0 Å². The van der Waals surface area contributed by atoms with Gasteiger partial charge in [0.25, 0.3) is 0 Å². The Morgan fingerprint density at radius 3 is 2.64 bits per heavy atom. The van der Waals surface area contributed by atoms with Gasteiger partial charge in [0, 0.05) is 25.0 Å². The molecule has 1 heterocycles. The third kappa shape index (κ3) is 7.55. The molecule has 1 aliphatic heterocycles. The summed E-state index contributed by atoms with van der Waals surface area (Å²) in [5.74, 6) is -0.881. The second-order valence-electron chi connectivity index (χ2n) is 3.99. The molecule has 0 aromatic heterocycles. The number of piperazine rings is 1. The van der Waals surface area contributed by atoms with Crippen molar-refractivity contribution in [2.75, 3.05) is 32.8 Å². The Balaban J connectivity index is 0.00000211. The first-order valence-electron chi connectivity index (χ1n) is 6.77. The first kappa shape index (κ1) is 20.6. The predicted octanol–water partition coefficient (Wildman–Crippen LogP) is 1.10. The lowest BCUT2D eigenvalue weighted by molar-refractivity contribution is -0.141. The number of halogens is 3. The van der Waals surface area contributed by atoms with Gasteiger partial charge in [0.05, 0.1) is 0 Å². The van der Waals surface area contributed by atoms with Crippen LogP contribution >= 0.6 is 12.2 Å². The highest BCUT2D eigenvalue weighted by Gasteiger charge is 2.35. The van der Waals surface area contributed by atoms with Gasteiger partial charge in [-0.05, 0) is 0 Å². The van der Waals surface area contributed by atoms with E-state index in [9.17, 15) is 22.8 Å². The number of alkyl halides is 3. The van der Waals surface area contributed by atoms with Gasteiger partial charge in [-0.1, -0.05) is 26.1 Å². The zero-order valence-electron chi connectivity index (χ0n) is 12.4. The van der Waals surface area contributed by atoms with E-state index >= 15 is 0 Å². The zero-order chi connectivity index (χ0) is 17.2. The average molecular weight is 343 g/mol. The van der Waals surface area contributed by atoms with E-state index in [2.05, 4.69) is 17.5 Å². The molecular weight excluding hydrogens is 323 g/mol. The minimum Gasteiger partial charge on any atom is -0.444 e. The van der Waals surface area contributed by atoms with Crippen LogP contribution in [0.15, 0.2) is 0 Å². The maximum absolute atomic E-state index is 12.1. The van der Waals surface area contributed by atoms with Gasteiger partial charge >= 0.3 is 12.3 Å². The van der Waals surface area contributed by atoms with Gasteiger partial charge in [0.2, 0.25) is 5.91 Å². The average Bonchev–Trinajstić information content (AvgIpc) is 2.51. The molecule has 1 unspecified atom stereocenters. The van der Waals surface area contributed by atoms with Crippen molar-refractivity contribution in [3.05, 3.63) is 0 Å². The lowest BCUT2D eigenvalue weighted by Crippen LogP contribution is -2.60. The summed E-state index contributed by atoms with van der Waals surface area (Å²) in [5, 5.41) is 5.78. The number of ether oxygens (including phenoxy) is 1. The Morgan fingerprint density at radius 1 is 1.45 bits per heavy atom. The molecule has 22 heavy (non-hydrogen) atoms. The molecule has 1 rings (SSSR count). The molecule has 0 radical (unpaired) electrons. The Labute approximate surface area is 132 Å². The second-order valence-corrected chi connectivity index (χ2v) is 4.32. The fourth-order valence-electron chi connectivity index (χ4n) is 1.65. The summed E-state index contributed by atoms with van der Waals surface area (Å²) >= 11 is 4.50. The van der Waals surface area contributed by atoms with Gasteiger partial charge in [-0.15, -0.1) is 0 Å². The van der Waals surface area contributed by atoms with Gasteiger partial charge in [-0.25, -0.2) is 4.79 Å². The van der Waals surface area contributed by atoms with Gasteiger partial charge in [-0.2, -0.15) is 13.2 Å². The molecule has 10 heteroatoms. The highest BCUT2D eigenvalue weighted by Crippen LogP contribution is 2.13. The van der Waals surface area contributed by atoms with E-state index in [1.165, 1.54) is 5.37 Å². The van der Waals surface area contributed by atoms with Crippen molar-refractivity contribution < 1.29 is 27.5 Å². The second kappa shape index (κ2) is 10.3. The largest absolute Gasteiger partial charge is 0.444 e. The number of carbonyl (C=O) groups is 2. The maximum Gasteiger partial charge on any atom is 0.410 e. The highest BCUT2D eigenvalue weighted by atomic mass is 32.1. The van der Waals surface area contributed by atoms with Crippen molar-refractivity contribution in [1.82, 2.24) is 15.5 Å². The standard InChI is InChI=1S/C10H14F3N3O3S.C2H6/c11-10(12,13)6-15-8(17)7-5-14-1-2-16(7)9(18)19-3-4-20;1-2/h4,7,14H,1-3,5-6H2,(H,15,17);1-2H3. The normalized spacial score (nSPS) is 17.9.